The van der Waals surface area contributed by atoms with Gasteiger partial charge in [-0.1, -0.05) is 42.8 Å². The highest BCUT2D eigenvalue weighted by Gasteiger charge is 2.13. The second kappa shape index (κ2) is 7.83. The van der Waals surface area contributed by atoms with Crippen LogP contribution in [0, 0.1) is 0 Å². The van der Waals surface area contributed by atoms with Crippen LogP contribution in [0.2, 0.25) is 5.02 Å². The second-order valence-electron chi connectivity index (χ2n) is 4.93. The lowest BCUT2D eigenvalue weighted by Crippen LogP contribution is -2.16. The summed E-state index contributed by atoms with van der Waals surface area (Å²) in [5.74, 6) is 0.544. The lowest BCUT2D eigenvalue weighted by atomic mass is 10.1. The van der Waals surface area contributed by atoms with Gasteiger partial charge < -0.3 is 5.32 Å². The molecule has 0 aliphatic rings. The van der Waals surface area contributed by atoms with Crippen LogP contribution in [0.1, 0.15) is 36.4 Å². The molecule has 0 spiro atoms. The Morgan fingerprint density at radius 1 is 1.19 bits per heavy atom. The van der Waals surface area contributed by atoms with Crippen molar-refractivity contribution >= 4 is 23.2 Å². The number of hydrogen-bond donors (Lipinski definition) is 1. The topological polar surface area (TPSA) is 29.9 Å². The lowest BCUT2D eigenvalue weighted by molar-refractivity contribution is 0.577. The Morgan fingerprint density at radius 3 is 2.62 bits per heavy atom. The zero-order chi connectivity index (χ0) is 15.2. The molecule has 0 saturated carbocycles. The molecule has 1 heterocycles. The summed E-state index contributed by atoms with van der Waals surface area (Å²) in [5.41, 5.74) is 4.40. The average Bonchev–Trinajstić information content (AvgIpc) is 2.83. The minimum Gasteiger partial charge on any atom is -0.307 e. The molecule has 0 radical (unpaired) electrons. The van der Waals surface area contributed by atoms with Crippen molar-refractivity contribution in [3.8, 4) is 0 Å². The smallest absolute Gasteiger partial charge is 0.0863 e. The van der Waals surface area contributed by atoms with E-state index < -0.39 is 0 Å². The highest BCUT2D eigenvalue weighted by molar-refractivity contribution is 6.31. The maximum Gasteiger partial charge on any atom is 0.0863 e. The second-order valence-corrected chi connectivity index (χ2v) is 5.58. The fourth-order valence-electron chi connectivity index (χ4n) is 2.33. The number of rotatable bonds is 7. The molecule has 1 N–H and O–H groups in total. The zero-order valence-electron chi connectivity index (χ0n) is 12.5. The Morgan fingerprint density at radius 2 is 1.95 bits per heavy atom. The van der Waals surface area contributed by atoms with Crippen LogP contribution in [-0.4, -0.2) is 9.78 Å². The Labute approximate surface area is 136 Å². The molecule has 0 saturated heterocycles. The molecule has 3 nitrogen and oxygen atoms in total. The van der Waals surface area contributed by atoms with Gasteiger partial charge in [-0.05, 0) is 24.5 Å². The summed E-state index contributed by atoms with van der Waals surface area (Å²) < 4.78 is 1.98. The number of aryl methyl sites for hydroxylation is 2. The van der Waals surface area contributed by atoms with Gasteiger partial charge in [-0.25, -0.2) is 0 Å². The first-order valence-electron chi connectivity index (χ1n) is 7.28. The molecular formula is C16H21Cl2N3. The van der Waals surface area contributed by atoms with Gasteiger partial charge in [-0.2, -0.15) is 5.10 Å². The van der Waals surface area contributed by atoms with Gasteiger partial charge in [0.2, 0.25) is 0 Å². The van der Waals surface area contributed by atoms with E-state index in [0.29, 0.717) is 12.4 Å². The molecule has 2 rings (SSSR count). The molecule has 0 aliphatic carbocycles. The monoisotopic (exact) mass is 325 g/mol. The summed E-state index contributed by atoms with van der Waals surface area (Å²) in [5, 5.41) is 8.75. The van der Waals surface area contributed by atoms with Crippen molar-refractivity contribution in [3.05, 3.63) is 51.8 Å². The Hall–Kier alpha value is -1.03. The van der Waals surface area contributed by atoms with Crippen molar-refractivity contribution in [2.45, 2.75) is 45.8 Å². The summed E-state index contributed by atoms with van der Waals surface area (Å²) in [6.45, 7) is 6.49. The molecule has 0 amide bonds. The van der Waals surface area contributed by atoms with Gasteiger partial charge in [0.05, 0.1) is 16.4 Å². The summed E-state index contributed by atoms with van der Waals surface area (Å²) in [7, 11) is 0. The summed E-state index contributed by atoms with van der Waals surface area (Å²) in [6, 6.07) is 8.29. The molecular weight excluding hydrogens is 305 g/mol. The van der Waals surface area contributed by atoms with Crippen LogP contribution < -0.4 is 5.32 Å². The summed E-state index contributed by atoms with van der Waals surface area (Å²) >= 11 is 12.3. The van der Waals surface area contributed by atoms with Crippen molar-refractivity contribution in [2.75, 3.05) is 0 Å². The van der Waals surface area contributed by atoms with Crippen LogP contribution in [0.25, 0.3) is 0 Å². The number of hydrogen-bond acceptors (Lipinski definition) is 2. The predicted octanol–water partition coefficient (Wildman–Crippen LogP) is 4.15. The number of nitrogens with one attached hydrogen (secondary N) is 1. The number of aromatic nitrogens is 2. The molecule has 0 aliphatic heterocycles. The van der Waals surface area contributed by atoms with E-state index in [1.807, 2.05) is 16.8 Å². The Balaban J connectivity index is 2.01. The number of alkyl halides is 1. The largest absolute Gasteiger partial charge is 0.307 e. The predicted molar refractivity (Wildman–Crippen MR) is 88.8 cm³/mol. The van der Waals surface area contributed by atoms with E-state index in [0.717, 1.165) is 41.5 Å². The maximum absolute atomic E-state index is 6.40. The number of benzene rings is 1. The van der Waals surface area contributed by atoms with E-state index in [1.54, 1.807) is 0 Å². The van der Waals surface area contributed by atoms with E-state index in [-0.39, 0.29) is 0 Å². The van der Waals surface area contributed by atoms with Crippen molar-refractivity contribution in [1.82, 2.24) is 15.1 Å². The van der Waals surface area contributed by atoms with E-state index in [2.05, 4.69) is 36.4 Å². The summed E-state index contributed by atoms with van der Waals surface area (Å²) in [4.78, 5) is 0. The van der Waals surface area contributed by atoms with E-state index in [4.69, 9.17) is 23.2 Å². The van der Waals surface area contributed by atoms with Crippen LogP contribution >= 0.6 is 23.2 Å². The third kappa shape index (κ3) is 4.00. The quantitative estimate of drug-likeness (QED) is 0.775. The molecule has 1 aromatic heterocycles. The zero-order valence-corrected chi connectivity index (χ0v) is 14.0. The van der Waals surface area contributed by atoms with E-state index in [9.17, 15) is 0 Å². The third-order valence-corrected chi connectivity index (χ3v) is 4.21. The van der Waals surface area contributed by atoms with Gasteiger partial charge in [0.25, 0.3) is 0 Å². The molecule has 5 heteroatoms. The average molecular weight is 326 g/mol. The van der Waals surface area contributed by atoms with E-state index in [1.165, 1.54) is 5.56 Å². The first-order chi connectivity index (χ1) is 10.2. The minimum atomic E-state index is 0.544. The van der Waals surface area contributed by atoms with Crippen LogP contribution in [0.15, 0.2) is 24.3 Å². The fraction of sp³-hybridized carbons (Fsp3) is 0.438. The van der Waals surface area contributed by atoms with Crippen molar-refractivity contribution in [1.29, 1.82) is 0 Å². The molecule has 2 aromatic rings. The molecule has 21 heavy (non-hydrogen) atoms. The first kappa shape index (κ1) is 16.3. The molecule has 1 aromatic carbocycles. The highest BCUT2D eigenvalue weighted by atomic mass is 35.5. The van der Waals surface area contributed by atoms with Gasteiger partial charge in [-0.15, -0.1) is 11.6 Å². The summed E-state index contributed by atoms with van der Waals surface area (Å²) in [6.07, 6.45) is 0.858. The van der Waals surface area contributed by atoms with Crippen LogP contribution in [0.5, 0.6) is 0 Å². The highest BCUT2D eigenvalue weighted by Crippen LogP contribution is 2.21. The third-order valence-electron chi connectivity index (χ3n) is 3.46. The molecule has 0 bridgehead atoms. The van der Waals surface area contributed by atoms with Crippen molar-refractivity contribution in [3.63, 3.8) is 0 Å². The van der Waals surface area contributed by atoms with Gasteiger partial charge in [0, 0.05) is 25.5 Å². The standard InChI is InChI=1S/C16H21Cl2N3/c1-3-14-16(18)15(21(4-2)20-14)11-19-10-13-7-5-6-12(8-13)9-17/h5-8,19H,3-4,9-11H2,1-2H3. The molecule has 0 atom stereocenters. The normalized spacial score (nSPS) is 11.0. The van der Waals surface area contributed by atoms with Crippen LogP contribution in [0.4, 0.5) is 0 Å². The van der Waals surface area contributed by atoms with Crippen LogP contribution in [0.3, 0.4) is 0 Å². The van der Waals surface area contributed by atoms with Gasteiger partial charge in [0.1, 0.15) is 0 Å². The van der Waals surface area contributed by atoms with Crippen molar-refractivity contribution in [2.24, 2.45) is 0 Å². The number of nitrogens with zero attached hydrogens (tertiary/aromatic N) is 2. The molecule has 0 fully saturated rings. The molecule has 0 unspecified atom stereocenters. The SMILES string of the molecule is CCc1nn(CC)c(CNCc2cccc(CCl)c2)c1Cl. The lowest BCUT2D eigenvalue weighted by Gasteiger charge is -2.08. The van der Waals surface area contributed by atoms with Gasteiger partial charge >= 0.3 is 0 Å². The van der Waals surface area contributed by atoms with E-state index >= 15 is 0 Å². The first-order valence-corrected chi connectivity index (χ1v) is 8.19. The maximum atomic E-state index is 6.40. The van der Waals surface area contributed by atoms with Crippen LogP contribution in [-0.2, 0) is 31.9 Å². The van der Waals surface area contributed by atoms with Gasteiger partial charge in [0.15, 0.2) is 0 Å². The fourth-order valence-corrected chi connectivity index (χ4v) is 2.84. The number of halogens is 2. The Bertz CT molecular complexity index is 593. The Kier molecular flexibility index (Phi) is 6.09. The molecule has 114 valence electrons. The minimum absolute atomic E-state index is 0.544. The van der Waals surface area contributed by atoms with Crippen molar-refractivity contribution < 1.29 is 0 Å². The van der Waals surface area contributed by atoms with Gasteiger partial charge in [-0.3, -0.25) is 4.68 Å².